The van der Waals surface area contributed by atoms with Crippen molar-refractivity contribution in [2.75, 3.05) is 25.0 Å². The third kappa shape index (κ3) is 3.62. The molecule has 28 heavy (non-hydrogen) atoms. The van der Waals surface area contributed by atoms with E-state index in [9.17, 15) is 8.42 Å². The van der Waals surface area contributed by atoms with Crippen LogP contribution in [0.1, 0.15) is 18.9 Å². The van der Waals surface area contributed by atoms with Crippen molar-refractivity contribution in [2.24, 2.45) is 5.92 Å². The average Bonchev–Trinajstić information content (AvgIpc) is 3.17. The van der Waals surface area contributed by atoms with Crippen LogP contribution < -0.4 is 4.90 Å². The Balaban J connectivity index is 1.57. The van der Waals surface area contributed by atoms with Crippen LogP contribution in [0.15, 0.2) is 49.1 Å². The first-order valence-corrected chi connectivity index (χ1v) is 11.1. The Kier molecular flexibility index (Phi) is 5.07. The maximum atomic E-state index is 13.0. The summed E-state index contributed by atoms with van der Waals surface area (Å²) >= 11 is 0. The van der Waals surface area contributed by atoms with Crippen LogP contribution in [0.3, 0.4) is 0 Å². The smallest absolute Gasteiger partial charge is 0.218 e. The van der Waals surface area contributed by atoms with Gasteiger partial charge in [-0.25, -0.2) is 13.4 Å². The third-order valence-electron chi connectivity index (χ3n) is 5.69. The molecule has 1 aliphatic heterocycles. The van der Waals surface area contributed by atoms with Crippen LogP contribution in [0.4, 0.5) is 5.69 Å². The Morgan fingerprint density at radius 3 is 2.79 bits per heavy atom. The van der Waals surface area contributed by atoms with Crippen molar-refractivity contribution in [3.8, 4) is 0 Å². The quantitative estimate of drug-likeness (QED) is 0.713. The fraction of sp³-hybridized carbons (Fsp3) is 0.400. The molecule has 4 rings (SSSR count). The maximum Gasteiger partial charge on any atom is 0.218 e. The molecule has 3 aromatic rings. The molecule has 0 amide bonds. The lowest BCUT2D eigenvalue weighted by Crippen LogP contribution is -2.52. The van der Waals surface area contributed by atoms with Gasteiger partial charge < -0.3 is 9.88 Å². The second-order valence-corrected chi connectivity index (χ2v) is 9.45. The number of nitrogens with one attached hydrogen (secondary N) is 1. The molecule has 7 nitrogen and oxygen atoms in total. The second kappa shape index (κ2) is 7.52. The third-order valence-corrected chi connectivity index (χ3v) is 7.50. The van der Waals surface area contributed by atoms with Gasteiger partial charge in [0.2, 0.25) is 10.0 Å². The zero-order chi connectivity index (χ0) is 19.7. The number of H-pyrrole nitrogens is 1. The number of nitrogens with zero attached hydrogens (tertiary/aromatic N) is 4. The van der Waals surface area contributed by atoms with Crippen molar-refractivity contribution < 1.29 is 8.42 Å². The molecule has 0 aliphatic carbocycles. The number of aromatic nitrogens is 3. The molecule has 4 heterocycles. The molecular formula is C20H25N5O2S. The van der Waals surface area contributed by atoms with Gasteiger partial charge >= 0.3 is 0 Å². The van der Waals surface area contributed by atoms with E-state index < -0.39 is 10.0 Å². The van der Waals surface area contributed by atoms with E-state index >= 15 is 0 Å². The van der Waals surface area contributed by atoms with E-state index in [4.69, 9.17) is 0 Å². The standard InChI is InChI=1S/C20H25N5O2S/c1-15-7-12-25(28(26,27)14-16-3-8-21-9-4-16)13-19(15)24(2)18-6-11-23-20-17(18)5-10-22-20/h3-6,8-11,15,19H,7,12-14H2,1-2H3,(H,22,23)/t15-,19?/m1/s1. The van der Waals surface area contributed by atoms with E-state index in [1.807, 2.05) is 25.4 Å². The monoisotopic (exact) mass is 399 g/mol. The van der Waals surface area contributed by atoms with Crippen molar-refractivity contribution in [1.29, 1.82) is 0 Å². The summed E-state index contributed by atoms with van der Waals surface area (Å²) in [5, 5.41) is 1.05. The number of anilines is 1. The maximum absolute atomic E-state index is 13.0. The van der Waals surface area contributed by atoms with E-state index in [-0.39, 0.29) is 11.8 Å². The van der Waals surface area contributed by atoms with Crippen LogP contribution in [0.5, 0.6) is 0 Å². The van der Waals surface area contributed by atoms with Gasteiger partial charge in [0, 0.05) is 62.0 Å². The summed E-state index contributed by atoms with van der Waals surface area (Å²) in [6.07, 6.45) is 7.77. The van der Waals surface area contributed by atoms with E-state index in [2.05, 4.69) is 26.8 Å². The summed E-state index contributed by atoms with van der Waals surface area (Å²) in [6.45, 7) is 3.25. The molecule has 8 heteroatoms. The average molecular weight is 400 g/mol. The lowest BCUT2D eigenvalue weighted by Gasteiger charge is -2.42. The van der Waals surface area contributed by atoms with Gasteiger partial charge in [0.05, 0.1) is 5.75 Å². The van der Waals surface area contributed by atoms with E-state index in [0.717, 1.165) is 28.7 Å². The van der Waals surface area contributed by atoms with Crippen molar-refractivity contribution in [2.45, 2.75) is 25.1 Å². The molecule has 1 unspecified atom stereocenters. The number of piperidine rings is 1. The van der Waals surface area contributed by atoms with Crippen LogP contribution in [-0.2, 0) is 15.8 Å². The summed E-state index contributed by atoms with van der Waals surface area (Å²) in [4.78, 5) is 13.7. The van der Waals surface area contributed by atoms with Crippen LogP contribution >= 0.6 is 0 Å². The van der Waals surface area contributed by atoms with Gasteiger partial charge in [-0.1, -0.05) is 6.92 Å². The van der Waals surface area contributed by atoms with E-state index in [0.29, 0.717) is 19.0 Å². The molecule has 2 atom stereocenters. The normalized spacial score (nSPS) is 21.1. The van der Waals surface area contributed by atoms with Gasteiger partial charge in [0.15, 0.2) is 0 Å². The van der Waals surface area contributed by atoms with Crippen molar-refractivity contribution in [3.05, 3.63) is 54.6 Å². The fourth-order valence-corrected chi connectivity index (χ4v) is 5.55. The first-order valence-electron chi connectivity index (χ1n) is 9.47. The number of rotatable bonds is 5. The number of hydrogen-bond acceptors (Lipinski definition) is 5. The van der Waals surface area contributed by atoms with Crippen molar-refractivity contribution >= 4 is 26.7 Å². The lowest BCUT2D eigenvalue weighted by atomic mass is 9.93. The van der Waals surface area contributed by atoms with Crippen LogP contribution in [0.2, 0.25) is 0 Å². The summed E-state index contributed by atoms with van der Waals surface area (Å²) in [7, 11) is -1.34. The Hall–Kier alpha value is -2.45. The molecule has 1 aliphatic rings. The van der Waals surface area contributed by atoms with Crippen LogP contribution in [0.25, 0.3) is 11.0 Å². The van der Waals surface area contributed by atoms with E-state index in [1.54, 1.807) is 35.0 Å². The molecule has 0 radical (unpaired) electrons. The molecule has 1 saturated heterocycles. The number of aromatic amines is 1. The largest absolute Gasteiger partial charge is 0.369 e. The topological polar surface area (TPSA) is 82.2 Å². The summed E-state index contributed by atoms with van der Waals surface area (Å²) in [5.41, 5.74) is 2.67. The van der Waals surface area contributed by atoms with E-state index in [1.165, 1.54) is 0 Å². The highest BCUT2D eigenvalue weighted by Gasteiger charge is 2.35. The SMILES string of the molecule is C[C@@H]1CCN(S(=O)(=O)Cc2ccncc2)CC1N(C)c1ccnc2[nH]ccc12. The molecule has 1 N–H and O–H groups in total. The first kappa shape index (κ1) is 18.9. The number of sulfonamides is 1. The first-order chi connectivity index (χ1) is 13.5. The fourth-order valence-electron chi connectivity index (χ4n) is 3.99. The number of fused-ring (bicyclic) bond motifs is 1. The van der Waals surface area contributed by atoms with Gasteiger partial charge in [-0.15, -0.1) is 0 Å². The number of pyridine rings is 2. The highest BCUT2D eigenvalue weighted by atomic mass is 32.2. The molecular weight excluding hydrogens is 374 g/mol. The minimum atomic E-state index is -3.38. The Morgan fingerprint density at radius 2 is 2.00 bits per heavy atom. The summed E-state index contributed by atoms with van der Waals surface area (Å²) < 4.78 is 27.7. The molecule has 0 saturated carbocycles. The van der Waals surface area contributed by atoms with Crippen LogP contribution in [0, 0.1) is 5.92 Å². The van der Waals surface area contributed by atoms with Gasteiger partial charge in [0.1, 0.15) is 5.65 Å². The molecule has 0 bridgehead atoms. The zero-order valence-electron chi connectivity index (χ0n) is 16.1. The molecule has 0 aromatic carbocycles. The Labute approximate surface area is 165 Å². The predicted octanol–water partition coefficient (Wildman–Crippen LogP) is 2.63. The molecule has 1 fully saturated rings. The predicted molar refractivity (Wildman–Crippen MR) is 110 cm³/mol. The Bertz CT molecular complexity index is 1050. The van der Waals surface area contributed by atoms with Crippen molar-refractivity contribution in [3.63, 3.8) is 0 Å². The molecule has 148 valence electrons. The zero-order valence-corrected chi connectivity index (χ0v) is 16.9. The number of hydrogen-bond donors (Lipinski definition) is 1. The number of likely N-dealkylation sites (N-methyl/N-ethyl adjacent to an activating group) is 1. The highest BCUT2D eigenvalue weighted by molar-refractivity contribution is 7.88. The Morgan fingerprint density at radius 1 is 1.21 bits per heavy atom. The summed E-state index contributed by atoms with van der Waals surface area (Å²) in [5.74, 6) is 0.400. The minimum absolute atomic E-state index is 0.0116. The summed E-state index contributed by atoms with van der Waals surface area (Å²) in [6, 6.07) is 7.62. The lowest BCUT2D eigenvalue weighted by molar-refractivity contribution is 0.247. The van der Waals surface area contributed by atoms with Gasteiger partial charge in [-0.3, -0.25) is 4.98 Å². The molecule has 3 aromatic heterocycles. The van der Waals surface area contributed by atoms with Crippen LogP contribution in [-0.4, -0.2) is 53.9 Å². The van der Waals surface area contributed by atoms with Gasteiger partial charge in [-0.2, -0.15) is 4.31 Å². The second-order valence-electron chi connectivity index (χ2n) is 7.48. The highest BCUT2D eigenvalue weighted by Crippen LogP contribution is 2.31. The molecule has 0 spiro atoms. The minimum Gasteiger partial charge on any atom is -0.369 e. The van der Waals surface area contributed by atoms with Gasteiger partial charge in [0.25, 0.3) is 0 Å². The van der Waals surface area contributed by atoms with Crippen molar-refractivity contribution in [1.82, 2.24) is 19.3 Å². The van der Waals surface area contributed by atoms with Gasteiger partial charge in [-0.05, 0) is 42.2 Å².